The molecule has 0 bridgehead atoms. The van der Waals surface area contributed by atoms with Gasteiger partial charge in [0.25, 0.3) is 0 Å². The molecule has 3 N–H and O–H groups in total. The quantitative estimate of drug-likeness (QED) is 0.873. The van der Waals surface area contributed by atoms with Crippen LogP contribution >= 0.6 is 0 Å². The molecule has 2 aliphatic rings. The Labute approximate surface area is 115 Å². The van der Waals surface area contributed by atoms with Gasteiger partial charge in [-0.2, -0.15) is 4.98 Å². The van der Waals surface area contributed by atoms with Crippen LogP contribution in [-0.4, -0.2) is 34.8 Å². The summed E-state index contributed by atoms with van der Waals surface area (Å²) in [6.07, 6.45) is 6.33. The predicted molar refractivity (Wildman–Crippen MR) is 76.1 cm³/mol. The van der Waals surface area contributed by atoms with Gasteiger partial charge in [-0.15, -0.1) is 5.10 Å². The highest BCUT2D eigenvalue weighted by molar-refractivity contribution is 5.30. The maximum atomic E-state index is 5.79. The summed E-state index contributed by atoms with van der Waals surface area (Å²) in [5.74, 6) is 3.89. The van der Waals surface area contributed by atoms with Crippen molar-refractivity contribution in [3.05, 3.63) is 5.82 Å². The molecule has 2 heterocycles. The van der Waals surface area contributed by atoms with Crippen LogP contribution in [0.2, 0.25) is 0 Å². The number of nitrogens with zero attached hydrogens (tertiary/aromatic N) is 3. The lowest BCUT2D eigenvalue weighted by Crippen LogP contribution is -2.39. The Kier molecular flexibility index (Phi) is 3.73. The van der Waals surface area contributed by atoms with E-state index < -0.39 is 0 Å². The molecule has 5 nitrogen and oxygen atoms in total. The van der Waals surface area contributed by atoms with Crippen LogP contribution in [0.5, 0.6) is 0 Å². The van der Waals surface area contributed by atoms with E-state index >= 15 is 0 Å². The molecule has 1 aliphatic heterocycles. The number of piperidine rings is 1. The maximum Gasteiger partial charge on any atom is 0.244 e. The van der Waals surface area contributed by atoms with Gasteiger partial charge in [-0.05, 0) is 44.1 Å². The minimum Gasteiger partial charge on any atom is -0.339 e. The summed E-state index contributed by atoms with van der Waals surface area (Å²) in [6, 6.07) is 0. The standard InChI is InChI=1S/C14H25N5/c1-10-4-2-6-12(10)13-16-14(18-17-13)19-7-3-5-11(8-15)9-19/h10-12H,2-9,15H2,1H3,(H,16,17,18). The van der Waals surface area contributed by atoms with E-state index in [9.17, 15) is 0 Å². The largest absolute Gasteiger partial charge is 0.339 e. The van der Waals surface area contributed by atoms with E-state index in [4.69, 9.17) is 10.7 Å². The molecule has 0 radical (unpaired) electrons. The molecular formula is C14H25N5. The Bertz CT molecular complexity index is 416. The van der Waals surface area contributed by atoms with E-state index in [1.165, 1.54) is 32.1 Å². The number of rotatable bonds is 3. The average Bonchev–Trinajstić information content (AvgIpc) is 3.07. The fourth-order valence-electron chi connectivity index (χ4n) is 3.56. The monoisotopic (exact) mass is 263 g/mol. The van der Waals surface area contributed by atoms with Gasteiger partial charge in [-0.25, -0.2) is 0 Å². The first-order chi connectivity index (χ1) is 9.28. The second-order valence-corrected chi connectivity index (χ2v) is 6.23. The molecule has 19 heavy (non-hydrogen) atoms. The van der Waals surface area contributed by atoms with E-state index in [2.05, 4.69) is 22.0 Å². The van der Waals surface area contributed by atoms with Crippen molar-refractivity contribution in [2.45, 2.75) is 44.9 Å². The Balaban J connectivity index is 1.70. The fraction of sp³-hybridized carbons (Fsp3) is 0.857. The summed E-state index contributed by atoms with van der Waals surface area (Å²) in [6.45, 7) is 5.17. The minimum absolute atomic E-state index is 0.580. The topological polar surface area (TPSA) is 70.8 Å². The van der Waals surface area contributed by atoms with Gasteiger partial charge in [0.15, 0.2) is 0 Å². The van der Waals surface area contributed by atoms with E-state index in [0.717, 1.165) is 37.3 Å². The molecule has 3 unspecified atom stereocenters. The van der Waals surface area contributed by atoms with Gasteiger partial charge in [0, 0.05) is 19.0 Å². The molecule has 3 atom stereocenters. The molecular weight excluding hydrogens is 238 g/mol. The number of H-pyrrole nitrogens is 1. The van der Waals surface area contributed by atoms with Gasteiger partial charge in [-0.3, -0.25) is 5.10 Å². The smallest absolute Gasteiger partial charge is 0.244 e. The fourth-order valence-corrected chi connectivity index (χ4v) is 3.56. The van der Waals surface area contributed by atoms with Crippen molar-refractivity contribution in [3.63, 3.8) is 0 Å². The van der Waals surface area contributed by atoms with Crippen LogP contribution in [0.3, 0.4) is 0 Å². The maximum absolute atomic E-state index is 5.79. The van der Waals surface area contributed by atoms with Crippen molar-refractivity contribution < 1.29 is 0 Å². The van der Waals surface area contributed by atoms with Gasteiger partial charge in [-0.1, -0.05) is 13.3 Å². The van der Waals surface area contributed by atoms with Crippen LogP contribution in [0.4, 0.5) is 5.95 Å². The van der Waals surface area contributed by atoms with Crippen molar-refractivity contribution in [2.24, 2.45) is 17.6 Å². The number of nitrogens with two attached hydrogens (primary N) is 1. The van der Waals surface area contributed by atoms with Gasteiger partial charge in [0.1, 0.15) is 5.82 Å². The van der Waals surface area contributed by atoms with Crippen molar-refractivity contribution in [1.82, 2.24) is 15.2 Å². The van der Waals surface area contributed by atoms with Crippen molar-refractivity contribution in [2.75, 3.05) is 24.5 Å². The number of aromatic nitrogens is 3. The average molecular weight is 263 g/mol. The van der Waals surface area contributed by atoms with Crippen LogP contribution in [0.25, 0.3) is 0 Å². The lowest BCUT2D eigenvalue weighted by atomic mass is 9.97. The zero-order valence-electron chi connectivity index (χ0n) is 11.8. The molecule has 0 amide bonds. The third kappa shape index (κ3) is 2.61. The van der Waals surface area contributed by atoms with Crippen molar-refractivity contribution >= 4 is 5.95 Å². The van der Waals surface area contributed by atoms with E-state index in [1.54, 1.807) is 0 Å². The SMILES string of the molecule is CC1CCCC1c1nc(N2CCCC(CN)C2)n[nH]1. The Morgan fingerprint density at radius 2 is 2.21 bits per heavy atom. The van der Waals surface area contributed by atoms with Crippen LogP contribution in [0.1, 0.15) is 50.8 Å². The summed E-state index contributed by atoms with van der Waals surface area (Å²) in [5, 5.41) is 7.61. The molecule has 5 heteroatoms. The zero-order chi connectivity index (χ0) is 13.2. The normalized spacial score (nSPS) is 31.9. The van der Waals surface area contributed by atoms with E-state index in [1.807, 2.05) is 0 Å². The molecule has 1 aromatic rings. The Morgan fingerprint density at radius 1 is 1.32 bits per heavy atom. The molecule has 2 fully saturated rings. The zero-order valence-corrected chi connectivity index (χ0v) is 11.8. The first-order valence-corrected chi connectivity index (χ1v) is 7.65. The molecule has 1 aromatic heterocycles. The van der Waals surface area contributed by atoms with Crippen LogP contribution in [0.15, 0.2) is 0 Å². The highest BCUT2D eigenvalue weighted by atomic mass is 15.4. The first-order valence-electron chi connectivity index (χ1n) is 7.65. The van der Waals surface area contributed by atoms with Gasteiger partial charge in [0.05, 0.1) is 0 Å². The summed E-state index contributed by atoms with van der Waals surface area (Å²) in [7, 11) is 0. The molecule has 0 aromatic carbocycles. The highest BCUT2D eigenvalue weighted by Gasteiger charge is 2.29. The summed E-state index contributed by atoms with van der Waals surface area (Å²) in [5.41, 5.74) is 5.79. The van der Waals surface area contributed by atoms with Crippen LogP contribution < -0.4 is 10.6 Å². The number of aromatic amines is 1. The summed E-state index contributed by atoms with van der Waals surface area (Å²) in [4.78, 5) is 7.05. The van der Waals surface area contributed by atoms with Crippen LogP contribution in [0, 0.1) is 11.8 Å². The molecule has 1 aliphatic carbocycles. The molecule has 106 valence electrons. The minimum atomic E-state index is 0.580. The van der Waals surface area contributed by atoms with E-state index in [0.29, 0.717) is 11.8 Å². The van der Waals surface area contributed by atoms with Crippen LogP contribution in [-0.2, 0) is 0 Å². The third-order valence-corrected chi connectivity index (χ3v) is 4.84. The van der Waals surface area contributed by atoms with Crippen molar-refractivity contribution in [3.8, 4) is 0 Å². The second-order valence-electron chi connectivity index (χ2n) is 6.23. The van der Waals surface area contributed by atoms with E-state index in [-0.39, 0.29) is 0 Å². The van der Waals surface area contributed by atoms with Gasteiger partial charge >= 0.3 is 0 Å². The van der Waals surface area contributed by atoms with Gasteiger partial charge in [0.2, 0.25) is 5.95 Å². The number of nitrogens with one attached hydrogen (secondary N) is 1. The predicted octanol–water partition coefficient (Wildman–Crippen LogP) is 1.88. The Hall–Kier alpha value is -1.10. The molecule has 0 spiro atoms. The third-order valence-electron chi connectivity index (χ3n) is 4.84. The molecule has 1 saturated carbocycles. The number of hydrogen-bond acceptors (Lipinski definition) is 4. The number of hydrogen-bond donors (Lipinski definition) is 2. The lowest BCUT2D eigenvalue weighted by molar-refractivity contribution is 0.419. The van der Waals surface area contributed by atoms with Gasteiger partial charge < -0.3 is 10.6 Å². The Morgan fingerprint density at radius 3 is 2.95 bits per heavy atom. The first kappa shape index (κ1) is 12.9. The lowest BCUT2D eigenvalue weighted by Gasteiger charge is -2.31. The highest BCUT2D eigenvalue weighted by Crippen LogP contribution is 2.38. The second kappa shape index (κ2) is 5.49. The summed E-state index contributed by atoms with van der Waals surface area (Å²) < 4.78 is 0. The van der Waals surface area contributed by atoms with Crippen molar-refractivity contribution in [1.29, 1.82) is 0 Å². The molecule has 3 rings (SSSR count). The molecule has 1 saturated heterocycles. The summed E-state index contributed by atoms with van der Waals surface area (Å²) >= 11 is 0. The number of anilines is 1.